The van der Waals surface area contributed by atoms with Crippen LogP contribution in [0.15, 0.2) is 84.0 Å². The van der Waals surface area contributed by atoms with Crippen LogP contribution in [0.4, 0.5) is 5.69 Å². The van der Waals surface area contributed by atoms with Crippen molar-refractivity contribution < 1.29 is 13.2 Å². The first-order valence-corrected chi connectivity index (χ1v) is 11.9. The van der Waals surface area contributed by atoms with Crippen LogP contribution in [0.2, 0.25) is 0 Å². The number of carbonyl (C=O) groups excluding carboxylic acids is 1. The second-order valence-corrected chi connectivity index (χ2v) is 9.48. The predicted octanol–water partition coefficient (Wildman–Crippen LogP) is 2.91. The molecule has 0 radical (unpaired) electrons. The van der Waals surface area contributed by atoms with E-state index < -0.39 is 10.0 Å². The molecule has 162 valence electrons. The summed E-state index contributed by atoms with van der Waals surface area (Å²) in [6.07, 6.45) is 3.10. The fourth-order valence-corrected chi connectivity index (χ4v) is 5.37. The Balaban J connectivity index is 1.54. The number of fused-ring (bicyclic) bond motifs is 1. The van der Waals surface area contributed by atoms with E-state index in [1.807, 2.05) is 18.2 Å². The van der Waals surface area contributed by atoms with Gasteiger partial charge in [0.05, 0.1) is 10.4 Å². The molecule has 1 N–H and O–H groups in total. The Morgan fingerprint density at radius 1 is 0.938 bits per heavy atom. The molecule has 0 aliphatic carbocycles. The fourth-order valence-electron chi connectivity index (χ4n) is 3.98. The van der Waals surface area contributed by atoms with Gasteiger partial charge in [-0.2, -0.15) is 0 Å². The molecule has 1 aliphatic heterocycles. The van der Waals surface area contributed by atoms with Gasteiger partial charge in [-0.05, 0) is 42.5 Å². The summed E-state index contributed by atoms with van der Waals surface area (Å²) in [5, 5.41) is 4.17. The molecule has 0 amide bonds. The maximum absolute atomic E-state index is 13.5. The van der Waals surface area contributed by atoms with E-state index in [4.69, 9.17) is 0 Å². The highest BCUT2D eigenvalue weighted by atomic mass is 32.2. The van der Waals surface area contributed by atoms with E-state index in [0.717, 1.165) is 37.3 Å². The zero-order chi connectivity index (χ0) is 22.1. The molecule has 0 unspecified atom stereocenters. The van der Waals surface area contributed by atoms with Gasteiger partial charge in [0.15, 0.2) is 0 Å². The average Bonchev–Trinajstić information content (AvgIpc) is 3.29. The molecule has 4 aromatic rings. The Morgan fingerprint density at radius 2 is 1.78 bits per heavy atom. The number of benzene rings is 2. The van der Waals surface area contributed by atoms with Gasteiger partial charge in [0.1, 0.15) is 5.69 Å². The third-order valence-corrected chi connectivity index (χ3v) is 7.36. The minimum Gasteiger partial charge on any atom is -0.369 e. The first kappa shape index (κ1) is 20.4. The van der Waals surface area contributed by atoms with Crippen LogP contribution < -0.4 is 10.2 Å². The van der Waals surface area contributed by atoms with Gasteiger partial charge in [0.2, 0.25) is 5.78 Å². The fraction of sp³-hybridized carbons (Fsp3) is 0.167. The third-order valence-electron chi connectivity index (χ3n) is 5.67. The quantitative estimate of drug-likeness (QED) is 0.475. The van der Waals surface area contributed by atoms with Gasteiger partial charge < -0.3 is 10.2 Å². The smallest absolute Gasteiger partial charge is 0.268 e. The maximum atomic E-state index is 13.5. The Morgan fingerprint density at radius 3 is 2.56 bits per heavy atom. The number of pyridine rings is 1. The van der Waals surface area contributed by atoms with Gasteiger partial charge in [0.25, 0.3) is 10.0 Å². The normalized spacial score (nSPS) is 14.6. The highest BCUT2D eigenvalue weighted by Crippen LogP contribution is 2.27. The molecule has 0 spiro atoms. The van der Waals surface area contributed by atoms with E-state index >= 15 is 0 Å². The SMILES string of the molecule is O=C(c1cccc(S(=O)(=O)n2ccc3ccc(N4CCNCC4)cc32)c1)c1ccccn1. The molecule has 1 saturated heterocycles. The van der Waals surface area contributed by atoms with Gasteiger partial charge in [-0.3, -0.25) is 9.78 Å². The molecular weight excluding hydrogens is 424 g/mol. The number of rotatable bonds is 5. The highest BCUT2D eigenvalue weighted by molar-refractivity contribution is 7.90. The highest BCUT2D eigenvalue weighted by Gasteiger charge is 2.22. The summed E-state index contributed by atoms with van der Waals surface area (Å²) < 4.78 is 28.3. The number of ketones is 1. The Hall–Kier alpha value is -3.49. The van der Waals surface area contributed by atoms with Crippen LogP contribution >= 0.6 is 0 Å². The molecule has 0 bridgehead atoms. The van der Waals surface area contributed by atoms with Crippen molar-refractivity contribution in [2.45, 2.75) is 4.90 Å². The summed E-state index contributed by atoms with van der Waals surface area (Å²) >= 11 is 0. The number of nitrogens with one attached hydrogen (secondary N) is 1. The van der Waals surface area contributed by atoms with Crippen molar-refractivity contribution in [1.82, 2.24) is 14.3 Å². The van der Waals surface area contributed by atoms with E-state index in [0.29, 0.717) is 5.52 Å². The van der Waals surface area contributed by atoms with Gasteiger partial charge in [-0.1, -0.05) is 24.3 Å². The number of piperazine rings is 1. The molecule has 2 aromatic heterocycles. The molecule has 1 fully saturated rings. The summed E-state index contributed by atoms with van der Waals surface area (Å²) in [7, 11) is -3.89. The lowest BCUT2D eigenvalue weighted by atomic mass is 10.1. The van der Waals surface area contributed by atoms with Gasteiger partial charge in [0, 0.05) is 55.2 Å². The molecule has 0 atom stereocenters. The van der Waals surface area contributed by atoms with Gasteiger partial charge >= 0.3 is 0 Å². The Kier molecular flexibility index (Phi) is 5.24. The molecule has 3 heterocycles. The molecule has 1 aliphatic rings. The largest absolute Gasteiger partial charge is 0.369 e. The van der Waals surface area contributed by atoms with Crippen molar-refractivity contribution in [1.29, 1.82) is 0 Å². The van der Waals surface area contributed by atoms with Gasteiger partial charge in [-0.15, -0.1) is 0 Å². The van der Waals surface area contributed by atoms with E-state index in [-0.39, 0.29) is 21.9 Å². The van der Waals surface area contributed by atoms with Crippen molar-refractivity contribution >= 4 is 32.4 Å². The summed E-state index contributed by atoms with van der Waals surface area (Å²) in [5.74, 6) is -0.319. The molecule has 0 saturated carbocycles. The van der Waals surface area contributed by atoms with E-state index in [1.165, 1.54) is 22.3 Å². The first-order valence-electron chi connectivity index (χ1n) is 10.4. The Bertz CT molecular complexity index is 1390. The van der Waals surface area contributed by atoms with E-state index in [1.54, 1.807) is 42.6 Å². The van der Waals surface area contributed by atoms with E-state index in [2.05, 4.69) is 15.2 Å². The number of hydrogen-bond acceptors (Lipinski definition) is 6. The number of hydrogen-bond donors (Lipinski definition) is 1. The maximum Gasteiger partial charge on any atom is 0.268 e. The zero-order valence-electron chi connectivity index (χ0n) is 17.3. The second-order valence-electron chi connectivity index (χ2n) is 7.67. The van der Waals surface area contributed by atoms with Crippen molar-refractivity contribution in [2.75, 3.05) is 31.1 Å². The molecule has 8 heteroatoms. The average molecular weight is 447 g/mol. The number of carbonyl (C=O) groups is 1. The Labute approximate surface area is 186 Å². The van der Waals surface area contributed by atoms with Crippen LogP contribution in [-0.2, 0) is 10.0 Å². The number of nitrogens with zero attached hydrogens (tertiary/aromatic N) is 3. The van der Waals surface area contributed by atoms with Crippen molar-refractivity contribution in [3.63, 3.8) is 0 Å². The van der Waals surface area contributed by atoms with Crippen LogP contribution in [0.3, 0.4) is 0 Å². The minimum absolute atomic E-state index is 0.0596. The molecule has 7 nitrogen and oxygen atoms in total. The van der Waals surface area contributed by atoms with Gasteiger partial charge in [-0.25, -0.2) is 12.4 Å². The lowest BCUT2D eigenvalue weighted by Gasteiger charge is -2.29. The van der Waals surface area contributed by atoms with Crippen molar-refractivity contribution in [2.24, 2.45) is 0 Å². The summed E-state index contributed by atoms with van der Waals surface area (Å²) in [5.41, 5.74) is 2.16. The topological polar surface area (TPSA) is 84.3 Å². The van der Waals surface area contributed by atoms with Crippen LogP contribution in [0.5, 0.6) is 0 Å². The van der Waals surface area contributed by atoms with Crippen LogP contribution in [0, 0.1) is 0 Å². The summed E-state index contributed by atoms with van der Waals surface area (Å²) in [6, 6.07) is 18.9. The van der Waals surface area contributed by atoms with Crippen LogP contribution in [-0.4, -0.2) is 49.3 Å². The summed E-state index contributed by atoms with van der Waals surface area (Å²) in [6.45, 7) is 3.54. The van der Waals surface area contributed by atoms with Crippen molar-refractivity contribution in [3.8, 4) is 0 Å². The summed E-state index contributed by atoms with van der Waals surface area (Å²) in [4.78, 5) is 19.1. The van der Waals surface area contributed by atoms with Crippen LogP contribution in [0.25, 0.3) is 10.9 Å². The zero-order valence-corrected chi connectivity index (χ0v) is 18.1. The standard InChI is InChI=1S/C24H22N4O3S/c29-24(22-6-1-2-10-26-22)19-4-3-5-21(16-19)32(30,31)28-13-9-18-7-8-20(17-23(18)28)27-14-11-25-12-15-27/h1-10,13,16-17,25H,11-12,14-15H2. The van der Waals surface area contributed by atoms with Crippen LogP contribution in [0.1, 0.15) is 16.1 Å². The second kappa shape index (κ2) is 8.22. The van der Waals surface area contributed by atoms with Crippen molar-refractivity contribution in [3.05, 3.63) is 90.4 Å². The molecular formula is C24H22N4O3S. The lowest BCUT2D eigenvalue weighted by molar-refractivity contribution is 0.103. The molecule has 5 rings (SSSR count). The minimum atomic E-state index is -3.89. The first-order chi connectivity index (χ1) is 15.5. The number of aromatic nitrogens is 2. The lowest BCUT2D eigenvalue weighted by Crippen LogP contribution is -2.43. The van der Waals surface area contributed by atoms with E-state index in [9.17, 15) is 13.2 Å². The number of anilines is 1. The monoisotopic (exact) mass is 446 g/mol. The molecule has 2 aromatic carbocycles. The third kappa shape index (κ3) is 3.68. The predicted molar refractivity (Wildman–Crippen MR) is 124 cm³/mol. The molecule has 32 heavy (non-hydrogen) atoms.